The highest BCUT2D eigenvalue weighted by atomic mass is 35.5. The Labute approximate surface area is 133 Å². The summed E-state index contributed by atoms with van der Waals surface area (Å²) in [5.74, 6) is -0.507. The lowest BCUT2D eigenvalue weighted by Gasteiger charge is -2.19. The van der Waals surface area contributed by atoms with Crippen molar-refractivity contribution in [3.8, 4) is 5.75 Å². The number of benzene rings is 1. The van der Waals surface area contributed by atoms with E-state index >= 15 is 0 Å². The first-order valence-corrected chi connectivity index (χ1v) is 7.18. The van der Waals surface area contributed by atoms with Crippen LogP contribution in [0.3, 0.4) is 0 Å². The molecule has 2 aromatic rings. The van der Waals surface area contributed by atoms with Gasteiger partial charge in [-0.1, -0.05) is 17.7 Å². The molecule has 0 saturated carbocycles. The minimum Gasteiger partial charge on any atom is -0.479 e. The molecule has 0 aliphatic heterocycles. The summed E-state index contributed by atoms with van der Waals surface area (Å²) < 4.78 is 18.4. The molecule has 0 aliphatic carbocycles. The SMILES string of the molecule is C[C@H](Oc1ccc(F)cc1Cl)C(=O)N[C@H](C)c1ccccn1. The highest BCUT2D eigenvalue weighted by molar-refractivity contribution is 6.32. The topological polar surface area (TPSA) is 51.2 Å². The molecular formula is C16H16ClFN2O2. The average molecular weight is 323 g/mol. The summed E-state index contributed by atoms with van der Waals surface area (Å²) in [6, 6.07) is 8.99. The van der Waals surface area contributed by atoms with Gasteiger partial charge in [0.15, 0.2) is 6.10 Å². The zero-order chi connectivity index (χ0) is 16.1. The molecule has 22 heavy (non-hydrogen) atoms. The second-order valence-corrected chi connectivity index (χ2v) is 5.23. The maximum Gasteiger partial charge on any atom is 0.261 e. The lowest BCUT2D eigenvalue weighted by molar-refractivity contribution is -0.127. The molecule has 0 unspecified atom stereocenters. The minimum absolute atomic E-state index is 0.123. The summed E-state index contributed by atoms with van der Waals surface area (Å²) in [4.78, 5) is 16.3. The van der Waals surface area contributed by atoms with Crippen molar-refractivity contribution < 1.29 is 13.9 Å². The Balaban J connectivity index is 1.97. The normalized spacial score (nSPS) is 13.3. The molecule has 0 radical (unpaired) electrons. The highest BCUT2D eigenvalue weighted by Crippen LogP contribution is 2.26. The van der Waals surface area contributed by atoms with E-state index in [-0.39, 0.29) is 22.7 Å². The van der Waals surface area contributed by atoms with Gasteiger partial charge in [0.1, 0.15) is 11.6 Å². The van der Waals surface area contributed by atoms with Crippen LogP contribution in [0.1, 0.15) is 25.6 Å². The summed E-state index contributed by atoms with van der Waals surface area (Å²) in [6.45, 7) is 3.43. The van der Waals surface area contributed by atoms with Crippen molar-refractivity contribution in [2.75, 3.05) is 0 Å². The number of nitrogens with zero attached hydrogens (tertiary/aromatic N) is 1. The molecule has 0 bridgehead atoms. The predicted octanol–water partition coefficient (Wildman–Crippen LogP) is 3.52. The lowest BCUT2D eigenvalue weighted by atomic mass is 10.2. The van der Waals surface area contributed by atoms with Crippen LogP contribution in [0.5, 0.6) is 5.75 Å². The van der Waals surface area contributed by atoms with Crippen molar-refractivity contribution in [1.29, 1.82) is 0 Å². The lowest BCUT2D eigenvalue weighted by Crippen LogP contribution is -2.38. The predicted molar refractivity (Wildman–Crippen MR) is 82.3 cm³/mol. The van der Waals surface area contributed by atoms with Gasteiger partial charge in [-0.05, 0) is 44.2 Å². The van der Waals surface area contributed by atoms with Crippen molar-refractivity contribution in [2.24, 2.45) is 0 Å². The van der Waals surface area contributed by atoms with E-state index in [1.165, 1.54) is 12.1 Å². The van der Waals surface area contributed by atoms with Crippen LogP contribution in [0.4, 0.5) is 4.39 Å². The van der Waals surface area contributed by atoms with E-state index in [9.17, 15) is 9.18 Å². The van der Waals surface area contributed by atoms with E-state index < -0.39 is 11.9 Å². The molecule has 0 spiro atoms. The molecular weight excluding hydrogens is 307 g/mol. The quantitative estimate of drug-likeness (QED) is 0.916. The molecule has 2 rings (SSSR count). The molecule has 1 aromatic heterocycles. The first-order chi connectivity index (χ1) is 10.5. The van der Waals surface area contributed by atoms with Crippen molar-refractivity contribution in [3.05, 3.63) is 59.1 Å². The van der Waals surface area contributed by atoms with Crippen LogP contribution >= 0.6 is 11.6 Å². The number of hydrogen-bond acceptors (Lipinski definition) is 3. The Morgan fingerprint density at radius 3 is 2.73 bits per heavy atom. The molecule has 1 heterocycles. The molecule has 1 amide bonds. The van der Waals surface area contributed by atoms with Gasteiger partial charge >= 0.3 is 0 Å². The van der Waals surface area contributed by atoms with Crippen LogP contribution < -0.4 is 10.1 Å². The standard InChI is InChI=1S/C16H16ClFN2O2/c1-10(14-5-3-4-8-19-14)20-16(21)11(2)22-15-7-6-12(18)9-13(15)17/h3-11H,1-2H3,(H,20,21)/t10-,11+/m1/s1. The van der Waals surface area contributed by atoms with Crippen molar-refractivity contribution in [1.82, 2.24) is 10.3 Å². The smallest absolute Gasteiger partial charge is 0.261 e. The summed E-state index contributed by atoms with van der Waals surface area (Å²) in [7, 11) is 0. The van der Waals surface area contributed by atoms with Crippen LogP contribution in [0.2, 0.25) is 5.02 Å². The third kappa shape index (κ3) is 4.18. The number of aromatic nitrogens is 1. The summed E-state index contributed by atoms with van der Waals surface area (Å²) in [5, 5.41) is 2.93. The van der Waals surface area contributed by atoms with Gasteiger partial charge in [-0.3, -0.25) is 9.78 Å². The first kappa shape index (κ1) is 16.2. The summed E-state index contributed by atoms with van der Waals surface area (Å²) >= 11 is 5.87. The van der Waals surface area contributed by atoms with Gasteiger partial charge in [0.2, 0.25) is 0 Å². The fourth-order valence-electron chi connectivity index (χ4n) is 1.85. The molecule has 6 heteroatoms. The van der Waals surface area contributed by atoms with E-state index in [0.29, 0.717) is 0 Å². The Hall–Kier alpha value is -2.14. The number of nitrogens with one attached hydrogen (secondary N) is 1. The zero-order valence-corrected chi connectivity index (χ0v) is 13.0. The van der Waals surface area contributed by atoms with E-state index in [1.807, 2.05) is 19.1 Å². The molecule has 2 atom stereocenters. The zero-order valence-electron chi connectivity index (χ0n) is 12.2. The van der Waals surface area contributed by atoms with Gasteiger partial charge in [-0.25, -0.2) is 4.39 Å². The van der Waals surface area contributed by atoms with Crippen LogP contribution in [-0.2, 0) is 4.79 Å². The number of rotatable bonds is 5. The van der Waals surface area contributed by atoms with Crippen LogP contribution in [0, 0.1) is 5.82 Å². The van der Waals surface area contributed by atoms with Crippen LogP contribution in [0.15, 0.2) is 42.6 Å². The van der Waals surface area contributed by atoms with Crippen molar-refractivity contribution >= 4 is 17.5 Å². The number of ether oxygens (including phenoxy) is 1. The Bertz CT molecular complexity index is 652. The molecule has 4 nitrogen and oxygen atoms in total. The Morgan fingerprint density at radius 2 is 2.09 bits per heavy atom. The summed E-state index contributed by atoms with van der Waals surface area (Å²) in [5.41, 5.74) is 0.753. The van der Waals surface area contributed by atoms with Crippen LogP contribution in [0.25, 0.3) is 0 Å². The third-order valence-electron chi connectivity index (χ3n) is 3.06. The number of pyridine rings is 1. The highest BCUT2D eigenvalue weighted by Gasteiger charge is 2.19. The molecule has 1 aromatic carbocycles. The maximum atomic E-state index is 13.0. The van der Waals surface area contributed by atoms with Crippen LogP contribution in [-0.4, -0.2) is 17.0 Å². The van der Waals surface area contributed by atoms with Gasteiger partial charge in [-0.2, -0.15) is 0 Å². The summed E-state index contributed by atoms with van der Waals surface area (Å²) in [6.07, 6.45) is 0.894. The number of carbonyl (C=O) groups excluding carboxylic acids is 1. The van der Waals surface area contributed by atoms with Gasteiger partial charge in [0.25, 0.3) is 5.91 Å². The van der Waals surface area contributed by atoms with Crippen molar-refractivity contribution in [3.63, 3.8) is 0 Å². The van der Waals surface area contributed by atoms with Gasteiger partial charge in [0, 0.05) is 6.20 Å². The molecule has 0 saturated heterocycles. The maximum absolute atomic E-state index is 13.0. The second kappa shape index (κ2) is 7.22. The van der Waals surface area contributed by atoms with Gasteiger partial charge in [-0.15, -0.1) is 0 Å². The number of halogens is 2. The second-order valence-electron chi connectivity index (χ2n) is 4.82. The molecule has 116 valence electrons. The molecule has 0 fully saturated rings. The van der Waals surface area contributed by atoms with E-state index in [2.05, 4.69) is 10.3 Å². The fraction of sp³-hybridized carbons (Fsp3) is 0.250. The monoisotopic (exact) mass is 322 g/mol. The average Bonchev–Trinajstić information content (AvgIpc) is 2.50. The molecule has 1 N–H and O–H groups in total. The number of amides is 1. The van der Waals surface area contributed by atoms with E-state index in [4.69, 9.17) is 16.3 Å². The van der Waals surface area contributed by atoms with E-state index in [0.717, 1.165) is 11.8 Å². The largest absolute Gasteiger partial charge is 0.479 e. The van der Waals surface area contributed by atoms with Gasteiger partial charge in [0.05, 0.1) is 16.8 Å². The third-order valence-corrected chi connectivity index (χ3v) is 3.35. The van der Waals surface area contributed by atoms with E-state index in [1.54, 1.807) is 19.2 Å². The van der Waals surface area contributed by atoms with Crippen molar-refractivity contribution in [2.45, 2.75) is 26.0 Å². The number of carbonyl (C=O) groups is 1. The van der Waals surface area contributed by atoms with Gasteiger partial charge < -0.3 is 10.1 Å². The molecule has 0 aliphatic rings. The first-order valence-electron chi connectivity index (χ1n) is 6.80. The minimum atomic E-state index is -0.769. The number of hydrogen-bond donors (Lipinski definition) is 1. The Kier molecular flexibility index (Phi) is 5.33. The fourth-order valence-corrected chi connectivity index (χ4v) is 2.06. The Morgan fingerprint density at radius 1 is 1.32 bits per heavy atom.